The Morgan fingerprint density at radius 2 is 1.80 bits per heavy atom. The molecule has 1 amide bonds. The number of rotatable bonds is 3. The van der Waals surface area contributed by atoms with Crippen molar-refractivity contribution in [3.8, 4) is 5.75 Å². The lowest BCUT2D eigenvalue weighted by molar-refractivity contribution is 0.102. The van der Waals surface area contributed by atoms with Gasteiger partial charge in [-0.15, -0.1) is 12.4 Å². The van der Waals surface area contributed by atoms with Crippen LogP contribution in [0.2, 0.25) is 0 Å². The van der Waals surface area contributed by atoms with Gasteiger partial charge in [0, 0.05) is 23.6 Å². The maximum Gasteiger partial charge on any atom is 0.255 e. The van der Waals surface area contributed by atoms with Gasteiger partial charge in [-0.05, 0) is 49.2 Å². The number of pyridine rings is 1. The lowest BCUT2D eigenvalue weighted by Gasteiger charge is -2.12. The molecule has 1 aromatic carbocycles. The van der Waals surface area contributed by atoms with Crippen LogP contribution in [0.4, 0.5) is 5.69 Å². The standard InChI is InChI=1S/C15H16N2O2.ClH/c1-10-9-14(19-3)11(2)8-13(10)17-15(18)12-4-6-16-7-5-12;/h4-9H,1-3H3,(H,17,18);1H. The van der Waals surface area contributed by atoms with E-state index in [2.05, 4.69) is 10.3 Å². The SMILES string of the molecule is COc1cc(C)c(NC(=O)c2ccncc2)cc1C.Cl. The number of ether oxygens (including phenoxy) is 1. The Kier molecular flexibility index (Phi) is 5.53. The van der Waals surface area contributed by atoms with Gasteiger partial charge in [-0.1, -0.05) is 0 Å². The third-order valence-corrected chi connectivity index (χ3v) is 2.93. The predicted octanol–water partition coefficient (Wildman–Crippen LogP) is 3.38. The van der Waals surface area contributed by atoms with E-state index in [1.165, 1.54) is 0 Å². The van der Waals surface area contributed by atoms with E-state index in [0.29, 0.717) is 5.56 Å². The zero-order valence-corrected chi connectivity index (χ0v) is 12.5. The second-order valence-electron chi connectivity index (χ2n) is 4.33. The van der Waals surface area contributed by atoms with Crippen molar-refractivity contribution in [3.63, 3.8) is 0 Å². The molecule has 0 radical (unpaired) electrons. The quantitative estimate of drug-likeness (QED) is 0.943. The first kappa shape index (κ1) is 16.0. The molecule has 1 heterocycles. The molecule has 0 aliphatic rings. The predicted molar refractivity (Wildman–Crippen MR) is 81.9 cm³/mol. The average molecular weight is 293 g/mol. The molecule has 0 saturated heterocycles. The number of nitrogens with zero attached hydrogens (tertiary/aromatic N) is 1. The summed E-state index contributed by atoms with van der Waals surface area (Å²) >= 11 is 0. The molecule has 20 heavy (non-hydrogen) atoms. The number of benzene rings is 1. The van der Waals surface area contributed by atoms with E-state index in [4.69, 9.17) is 4.74 Å². The fraction of sp³-hybridized carbons (Fsp3) is 0.200. The molecule has 0 bridgehead atoms. The largest absolute Gasteiger partial charge is 0.496 e. The van der Waals surface area contributed by atoms with Gasteiger partial charge in [-0.25, -0.2) is 0 Å². The maximum absolute atomic E-state index is 12.1. The normalized spacial score (nSPS) is 9.55. The molecule has 0 aliphatic heterocycles. The van der Waals surface area contributed by atoms with E-state index in [-0.39, 0.29) is 18.3 Å². The van der Waals surface area contributed by atoms with Crippen LogP contribution in [0.3, 0.4) is 0 Å². The summed E-state index contributed by atoms with van der Waals surface area (Å²) in [6.07, 6.45) is 3.20. The molecule has 1 aromatic heterocycles. The van der Waals surface area contributed by atoms with Gasteiger partial charge in [0.05, 0.1) is 7.11 Å². The first-order chi connectivity index (χ1) is 9.11. The van der Waals surface area contributed by atoms with Crippen molar-refractivity contribution in [1.29, 1.82) is 0 Å². The summed E-state index contributed by atoms with van der Waals surface area (Å²) in [5.74, 6) is 0.675. The van der Waals surface area contributed by atoms with E-state index < -0.39 is 0 Å². The molecule has 2 rings (SSSR count). The van der Waals surface area contributed by atoms with Crippen LogP contribution in [-0.4, -0.2) is 18.0 Å². The first-order valence-corrected chi connectivity index (χ1v) is 5.98. The number of hydrogen-bond donors (Lipinski definition) is 1. The number of halogens is 1. The average Bonchev–Trinajstić information content (AvgIpc) is 2.43. The lowest BCUT2D eigenvalue weighted by atomic mass is 10.1. The molecule has 0 fully saturated rings. The van der Waals surface area contributed by atoms with Gasteiger partial charge in [0.2, 0.25) is 0 Å². The monoisotopic (exact) mass is 292 g/mol. The van der Waals surface area contributed by atoms with Crippen molar-refractivity contribution in [3.05, 3.63) is 53.3 Å². The summed E-state index contributed by atoms with van der Waals surface area (Å²) in [5, 5.41) is 2.90. The van der Waals surface area contributed by atoms with Gasteiger partial charge < -0.3 is 10.1 Å². The topological polar surface area (TPSA) is 51.2 Å². The summed E-state index contributed by atoms with van der Waals surface area (Å²) < 4.78 is 5.25. The zero-order chi connectivity index (χ0) is 13.8. The molecule has 5 heteroatoms. The number of nitrogens with one attached hydrogen (secondary N) is 1. The first-order valence-electron chi connectivity index (χ1n) is 5.98. The Bertz CT molecular complexity index is 600. The number of aromatic nitrogens is 1. The van der Waals surface area contributed by atoms with Crippen LogP contribution in [0.15, 0.2) is 36.7 Å². The van der Waals surface area contributed by atoms with Crippen molar-refractivity contribution in [2.75, 3.05) is 12.4 Å². The van der Waals surface area contributed by atoms with Gasteiger partial charge >= 0.3 is 0 Å². The highest BCUT2D eigenvalue weighted by molar-refractivity contribution is 6.04. The van der Waals surface area contributed by atoms with Crippen molar-refractivity contribution < 1.29 is 9.53 Å². The van der Waals surface area contributed by atoms with Crippen LogP contribution in [0, 0.1) is 13.8 Å². The molecule has 0 spiro atoms. The van der Waals surface area contributed by atoms with E-state index in [0.717, 1.165) is 22.6 Å². The molecule has 4 nitrogen and oxygen atoms in total. The van der Waals surface area contributed by atoms with Crippen LogP contribution >= 0.6 is 12.4 Å². The van der Waals surface area contributed by atoms with Gasteiger partial charge in [-0.3, -0.25) is 9.78 Å². The molecular weight excluding hydrogens is 276 g/mol. The number of amides is 1. The second-order valence-corrected chi connectivity index (χ2v) is 4.33. The summed E-state index contributed by atoms with van der Waals surface area (Å²) in [7, 11) is 1.64. The molecule has 106 valence electrons. The Balaban J connectivity index is 0.00000200. The molecule has 1 N–H and O–H groups in total. The number of anilines is 1. The molecule has 0 aliphatic carbocycles. The van der Waals surface area contributed by atoms with Gasteiger partial charge in [-0.2, -0.15) is 0 Å². The smallest absolute Gasteiger partial charge is 0.255 e. The third kappa shape index (κ3) is 3.48. The summed E-state index contributed by atoms with van der Waals surface area (Å²) in [6.45, 7) is 3.88. The molecule has 0 saturated carbocycles. The van der Waals surface area contributed by atoms with Gasteiger partial charge in [0.1, 0.15) is 5.75 Å². The summed E-state index contributed by atoms with van der Waals surface area (Å²) in [4.78, 5) is 16.0. The van der Waals surface area contributed by atoms with E-state index in [9.17, 15) is 4.79 Å². The van der Waals surface area contributed by atoms with Crippen molar-refractivity contribution in [2.24, 2.45) is 0 Å². The lowest BCUT2D eigenvalue weighted by Crippen LogP contribution is -2.13. The van der Waals surface area contributed by atoms with E-state index in [1.54, 1.807) is 31.6 Å². The number of hydrogen-bond acceptors (Lipinski definition) is 3. The Morgan fingerprint density at radius 1 is 1.15 bits per heavy atom. The third-order valence-electron chi connectivity index (χ3n) is 2.93. The highest BCUT2D eigenvalue weighted by atomic mass is 35.5. The number of methoxy groups -OCH3 is 1. The van der Waals surface area contributed by atoms with Crippen molar-refractivity contribution in [2.45, 2.75) is 13.8 Å². The number of carbonyl (C=O) groups excluding carboxylic acids is 1. The van der Waals surface area contributed by atoms with Gasteiger partial charge in [0.25, 0.3) is 5.91 Å². The second kappa shape index (κ2) is 6.91. The van der Waals surface area contributed by atoms with Crippen LogP contribution in [0.25, 0.3) is 0 Å². The van der Waals surface area contributed by atoms with Gasteiger partial charge in [0.15, 0.2) is 0 Å². The van der Waals surface area contributed by atoms with E-state index in [1.807, 2.05) is 26.0 Å². The minimum Gasteiger partial charge on any atom is -0.496 e. The van der Waals surface area contributed by atoms with Crippen molar-refractivity contribution in [1.82, 2.24) is 4.98 Å². The highest BCUT2D eigenvalue weighted by Crippen LogP contribution is 2.26. The fourth-order valence-electron chi connectivity index (χ4n) is 1.84. The Labute approximate surface area is 124 Å². The molecule has 0 atom stereocenters. The minimum absolute atomic E-state index is 0. The molecule has 0 unspecified atom stereocenters. The fourth-order valence-corrected chi connectivity index (χ4v) is 1.84. The van der Waals surface area contributed by atoms with Crippen LogP contribution in [0.5, 0.6) is 5.75 Å². The van der Waals surface area contributed by atoms with Crippen LogP contribution < -0.4 is 10.1 Å². The highest BCUT2D eigenvalue weighted by Gasteiger charge is 2.09. The van der Waals surface area contributed by atoms with E-state index >= 15 is 0 Å². The zero-order valence-electron chi connectivity index (χ0n) is 11.6. The molecular formula is C15H17ClN2O2. The Morgan fingerprint density at radius 3 is 2.40 bits per heavy atom. The maximum atomic E-state index is 12.1. The van der Waals surface area contributed by atoms with Crippen LogP contribution in [0.1, 0.15) is 21.5 Å². The van der Waals surface area contributed by atoms with Crippen molar-refractivity contribution >= 4 is 24.0 Å². The summed E-state index contributed by atoms with van der Waals surface area (Å²) in [5.41, 5.74) is 3.32. The Hall–Kier alpha value is -2.07. The summed E-state index contributed by atoms with van der Waals surface area (Å²) in [6, 6.07) is 7.19. The number of aryl methyl sites for hydroxylation is 2. The number of carbonyl (C=O) groups is 1. The minimum atomic E-state index is -0.143. The van der Waals surface area contributed by atoms with Crippen LogP contribution in [-0.2, 0) is 0 Å². The molecule has 2 aromatic rings.